The van der Waals surface area contributed by atoms with E-state index in [9.17, 15) is 13.2 Å². The summed E-state index contributed by atoms with van der Waals surface area (Å²) in [5.41, 5.74) is 0.869. The molecule has 0 aliphatic carbocycles. The van der Waals surface area contributed by atoms with Crippen LogP contribution in [0.5, 0.6) is 17.2 Å². The van der Waals surface area contributed by atoms with Crippen LogP contribution in [0.4, 0.5) is 11.4 Å². The minimum absolute atomic E-state index is 0.107. The second-order valence-corrected chi connectivity index (χ2v) is 8.52. The molecule has 0 bridgehead atoms. The highest BCUT2D eigenvalue weighted by molar-refractivity contribution is 7.92. The number of para-hydroxylation sites is 1. The number of carbonyl (C=O) groups excluding carboxylic acids is 1. The van der Waals surface area contributed by atoms with Gasteiger partial charge in [0.15, 0.2) is 6.61 Å². The van der Waals surface area contributed by atoms with Gasteiger partial charge in [0.2, 0.25) is 0 Å². The van der Waals surface area contributed by atoms with E-state index in [1.54, 1.807) is 48.5 Å². The van der Waals surface area contributed by atoms with Crippen molar-refractivity contribution in [2.75, 3.05) is 30.4 Å². The van der Waals surface area contributed by atoms with Crippen molar-refractivity contribution in [3.63, 3.8) is 0 Å². The lowest BCUT2D eigenvalue weighted by molar-refractivity contribution is -0.118. The fraction of sp³-hybridized carbons (Fsp3) is 0.167. The first-order valence-electron chi connectivity index (χ1n) is 10.2. The van der Waals surface area contributed by atoms with E-state index in [0.29, 0.717) is 23.6 Å². The first-order chi connectivity index (χ1) is 16.4. The third kappa shape index (κ3) is 6.17. The van der Waals surface area contributed by atoms with Crippen molar-refractivity contribution in [1.29, 1.82) is 5.26 Å². The molecular formula is C24H23N3O6S. The van der Waals surface area contributed by atoms with Crippen LogP contribution in [0.2, 0.25) is 0 Å². The average Bonchev–Trinajstić information content (AvgIpc) is 2.84. The third-order valence-corrected chi connectivity index (χ3v) is 5.92. The molecule has 0 saturated heterocycles. The van der Waals surface area contributed by atoms with Gasteiger partial charge in [-0.2, -0.15) is 5.26 Å². The van der Waals surface area contributed by atoms with Gasteiger partial charge in [-0.1, -0.05) is 12.1 Å². The normalized spacial score (nSPS) is 10.6. The third-order valence-electron chi connectivity index (χ3n) is 4.52. The molecule has 2 N–H and O–H groups in total. The topological polar surface area (TPSA) is 127 Å². The van der Waals surface area contributed by atoms with Gasteiger partial charge in [-0.25, -0.2) is 8.42 Å². The Balaban J connectivity index is 1.74. The van der Waals surface area contributed by atoms with Crippen molar-refractivity contribution in [3.8, 4) is 23.3 Å². The Morgan fingerprint density at radius 3 is 2.35 bits per heavy atom. The van der Waals surface area contributed by atoms with E-state index in [1.807, 2.05) is 13.0 Å². The first-order valence-corrected chi connectivity index (χ1v) is 11.7. The SMILES string of the molecule is CCOc1ccc(NS(=O)(=O)c2cc(NC(=O)COc3ccccc3C#N)ccc2OC)cc1. The van der Waals surface area contributed by atoms with Crippen molar-refractivity contribution in [2.24, 2.45) is 0 Å². The number of hydrogen-bond acceptors (Lipinski definition) is 7. The van der Waals surface area contributed by atoms with Crippen LogP contribution in [0.15, 0.2) is 71.6 Å². The summed E-state index contributed by atoms with van der Waals surface area (Å²) in [6.07, 6.45) is 0. The van der Waals surface area contributed by atoms with Crippen LogP contribution in [-0.2, 0) is 14.8 Å². The number of benzene rings is 3. The molecule has 0 aliphatic heterocycles. The van der Waals surface area contributed by atoms with Crippen LogP contribution in [0.3, 0.4) is 0 Å². The van der Waals surface area contributed by atoms with E-state index in [-0.39, 0.29) is 28.7 Å². The lowest BCUT2D eigenvalue weighted by Gasteiger charge is -2.14. The van der Waals surface area contributed by atoms with Crippen molar-refractivity contribution < 1.29 is 27.4 Å². The van der Waals surface area contributed by atoms with E-state index in [4.69, 9.17) is 19.5 Å². The Morgan fingerprint density at radius 1 is 0.971 bits per heavy atom. The van der Waals surface area contributed by atoms with E-state index in [2.05, 4.69) is 10.0 Å². The number of nitriles is 1. The average molecular weight is 482 g/mol. The molecule has 0 spiro atoms. The molecular weight excluding hydrogens is 458 g/mol. The summed E-state index contributed by atoms with van der Waals surface area (Å²) in [5.74, 6) is 0.474. The molecule has 0 radical (unpaired) electrons. The molecule has 9 nitrogen and oxygen atoms in total. The zero-order valence-corrected chi connectivity index (χ0v) is 19.4. The quantitative estimate of drug-likeness (QED) is 0.451. The minimum Gasteiger partial charge on any atom is -0.495 e. The maximum Gasteiger partial charge on any atom is 0.265 e. The summed E-state index contributed by atoms with van der Waals surface area (Å²) in [7, 11) is -2.69. The van der Waals surface area contributed by atoms with Crippen LogP contribution < -0.4 is 24.2 Å². The number of methoxy groups -OCH3 is 1. The largest absolute Gasteiger partial charge is 0.495 e. The van der Waals surface area contributed by atoms with E-state index in [1.165, 1.54) is 25.3 Å². The van der Waals surface area contributed by atoms with Gasteiger partial charge < -0.3 is 19.5 Å². The van der Waals surface area contributed by atoms with Gasteiger partial charge >= 0.3 is 0 Å². The number of carbonyl (C=O) groups is 1. The van der Waals surface area contributed by atoms with E-state index in [0.717, 1.165) is 0 Å². The standard InChI is InChI=1S/C24H23N3O6S/c1-3-32-20-11-8-18(9-12-20)27-34(29,30)23-14-19(10-13-22(23)31-2)26-24(28)16-33-21-7-5-4-6-17(21)15-25/h4-14,27H,3,16H2,1-2H3,(H,26,28). The first kappa shape index (κ1) is 24.4. The summed E-state index contributed by atoms with van der Waals surface area (Å²) < 4.78 is 44.5. The van der Waals surface area contributed by atoms with Crippen molar-refractivity contribution in [2.45, 2.75) is 11.8 Å². The zero-order chi connectivity index (χ0) is 24.6. The predicted octanol–water partition coefficient (Wildman–Crippen LogP) is 3.78. The highest BCUT2D eigenvalue weighted by Gasteiger charge is 2.21. The molecule has 0 aromatic heterocycles. The van der Waals surface area contributed by atoms with Crippen molar-refractivity contribution in [1.82, 2.24) is 0 Å². The Morgan fingerprint density at radius 2 is 1.68 bits per heavy atom. The molecule has 3 aromatic carbocycles. The molecule has 0 heterocycles. The van der Waals surface area contributed by atoms with Gasteiger partial charge in [0.05, 0.1) is 19.3 Å². The number of nitrogens with zero attached hydrogens (tertiary/aromatic N) is 1. The number of ether oxygens (including phenoxy) is 3. The van der Waals surface area contributed by atoms with Crippen molar-refractivity contribution >= 4 is 27.3 Å². The van der Waals surface area contributed by atoms with Gasteiger partial charge in [-0.05, 0) is 61.5 Å². The van der Waals surface area contributed by atoms with Crippen LogP contribution in [0.25, 0.3) is 0 Å². The highest BCUT2D eigenvalue weighted by Crippen LogP contribution is 2.29. The highest BCUT2D eigenvalue weighted by atomic mass is 32.2. The Bertz CT molecular complexity index is 1300. The Labute approximate surface area is 197 Å². The summed E-state index contributed by atoms with van der Waals surface area (Å²) in [6.45, 7) is 1.99. The number of anilines is 2. The number of rotatable bonds is 10. The zero-order valence-electron chi connectivity index (χ0n) is 18.6. The molecule has 1 amide bonds. The van der Waals surface area contributed by atoms with Gasteiger partial charge in [0, 0.05) is 11.4 Å². The summed E-state index contributed by atoms with van der Waals surface area (Å²) in [4.78, 5) is 12.2. The maximum atomic E-state index is 13.0. The van der Waals surface area contributed by atoms with Crippen LogP contribution in [0.1, 0.15) is 12.5 Å². The smallest absolute Gasteiger partial charge is 0.265 e. The second-order valence-electron chi connectivity index (χ2n) is 6.87. The van der Waals surface area contributed by atoms with Crippen molar-refractivity contribution in [3.05, 3.63) is 72.3 Å². The summed E-state index contributed by atoms with van der Waals surface area (Å²) in [6, 6.07) is 19.2. The molecule has 3 aromatic rings. The number of amides is 1. The molecule has 0 atom stereocenters. The molecule has 10 heteroatoms. The molecule has 34 heavy (non-hydrogen) atoms. The second kappa shape index (κ2) is 11.1. The van der Waals surface area contributed by atoms with Crippen LogP contribution in [-0.4, -0.2) is 34.6 Å². The Hall–Kier alpha value is -4.23. The van der Waals surface area contributed by atoms with E-state index >= 15 is 0 Å². The maximum absolute atomic E-state index is 13.0. The lowest BCUT2D eigenvalue weighted by atomic mass is 10.2. The summed E-state index contributed by atoms with van der Waals surface area (Å²) >= 11 is 0. The summed E-state index contributed by atoms with van der Waals surface area (Å²) in [5, 5.41) is 11.7. The number of sulfonamides is 1. The molecule has 0 aliphatic rings. The van der Waals surface area contributed by atoms with Gasteiger partial charge in [-0.3, -0.25) is 9.52 Å². The Kier molecular flexibility index (Phi) is 7.95. The molecule has 0 unspecified atom stereocenters. The monoisotopic (exact) mass is 481 g/mol. The van der Waals surface area contributed by atoms with Gasteiger partial charge in [0.25, 0.3) is 15.9 Å². The van der Waals surface area contributed by atoms with Gasteiger partial charge in [0.1, 0.15) is 28.2 Å². The fourth-order valence-corrected chi connectivity index (χ4v) is 4.24. The van der Waals surface area contributed by atoms with Gasteiger partial charge in [-0.15, -0.1) is 0 Å². The number of nitrogens with one attached hydrogen (secondary N) is 2. The van der Waals surface area contributed by atoms with Crippen LogP contribution >= 0.6 is 0 Å². The lowest BCUT2D eigenvalue weighted by Crippen LogP contribution is -2.21. The fourth-order valence-electron chi connectivity index (χ4n) is 2.99. The minimum atomic E-state index is -4.04. The van der Waals surface area contributed by atoms with Crippen LogP contribution in [0, 0.1) is 11.3 Å². The molecule has 3 rings (SSSR count). The predicted molar refractivity (Wildman–Crippen MR) is 127 cm³/mol. The molecule has 0 saturated carbocycles. The molecule has 176 valence electrons. The van der Waals surface area contributed by atoms with E-state index < -0.39 is 15.9 Å². The molecule has 0 fully saturated rings. The number of hydrogen-bond donors (Lipinski definition) is 2.